The first-order chi connectivity index (χ1) is 14.4. The van der Waals surface area contributed by atoms with Crippen LogP contribution in [0.15, 0.2) is 48.5 Å². The number of nitrogens with zero attached hydrogens (tertiary/aromatic N) is 1. The van der Waals surface area contributed by atoms with E-state index in [9.17, 15) is 9.90 Å². The van der Waals surface area contributed by atoms with Gasteiger partial charge in [-0.3, -0.25) is 9.69 Å². The van der Waals surface area contributed by atoms with E-state index in [2.05, 4.69) is 36.9 Å². The van der Waals surface area contributed by atoms with Gasteiger partial charge in [0.15, 0.2) is 0 Å². The highest BCUT2D eigenvalue weighted by atomic mass is 16.5. The summed E-state index contributed by atoms with van der Waals surface area (Å²) in [5.41, 5.74) is 3.38. The van der Waals surface area contributed by atoms with Gasteiger partial charge in [0.05, 0.1) is 12.5 Å². The molecule has 2 bridgehead atoms. The molecule has 1 aliphatic heterocycles. The van der Waals surface area contributed by atoms with Crippen molar-refractivity contribution in [1.82, 2.24) is 4.90 Å². The van der Waals surface area contributed by atoms with E-state index in [1.54, 1.807) is 0 Å². The molecule has 30 heavy (non-hydrogen) atoms. The summed E-state index contributed by atoms with van der Waals surface area (Å²) in [4.78, 5) is 15.4. The third-order valence-electron chi connectivity index (χ3n) is 8.51. The van der Waals surface area contributed by atoms with Crippen molar-refractivity contribution in [3.8, 4) is 5.75 Å². The first kappa shape index (κ1) is 19.6. The van der Waals surface area contributed by atoms with Gasteiger partial charge >= 0.3 is 5.97 Å². The molecule has 4 nitrogen and oxygen atoms in total. The topological polar surface area (TPSA) is 49.8 Å². The molecule has 5 rings (SSSR count). The van der Waals surface area contributed by atoms with Gasteiger partial charge in [0.2, 0.25) is 0 Å². The van der Waals surface area contributed by atoms with Gasteiger partial charge in [0.1, 0.15) is 5.75 Å². The number of hydrogen-bond acceptors (Lipinski definition) is 4. The number of piperidine rings is 1. The highest BCUT2D eigenvalue weighted by molar-refractivity contribution is 5.87. The van der Waals surface area contributed by atoms with Gasteiger partial charge < -0.3 is 9.84 Å². The van der Waals surface area contributed by atoms with Gasteiger partial charge in [0.25, 0.3) is 0 Å². The van der Waals surface area contributed by atoms with Crippen LogP contribution in [0, 0.1) is 11.8 Å². The fraction of sp³-hybridized carbons (Fsp3) is 0.500. The minimum Gasteiger partial charge on any atom is -0.508 e. The number of likely N-dealkylation sites (tertiary alicyclic amines) is 1. The van der Waals surface area contributed by atoms with Crippen LogP contribution < -0.4 is 0 Å². The lowest BCUT2D eigenvalue weighted by atomic mass is 9.59. The summed E-state index contributed by atoms with van der Waals surface area (Å²) in [6.07, 6.45) is 2.95. The van der Waals surface area contributed by atoms with Crippen LogP contribution in [0.2, 0.25) is 0 Å². The van der Waals surface area contributed by atoms with Crippen molar-refractivity contribution in [3.63, 3.8) is 0 Å². The number of carbonyl (C=O) groups is 1. The Balaban J connectivity index is 1.41. The van der Waals surface area contributed by atoms with E-state index in [4.69, 9.17) is 4.74 Å². The monoisotopic (exact) mass is 405 g/mol. The molecule has 0 unspecified atom stereocenters. The smallest absolute Gasteiger partial charge is 0.316 e. The standard InChI is InChI=1S/C26H31NO3/c1-17-23-13-18-9-10-21(28)14-22(18)25(17,2)11-12-27(23)16-20-15-26(20,24(29)30-3)19-7-5-4-6-8-19/h4-10,14,17,20,23,28H,11-13,15-16H2,1-3H3/t17-,20+,23+,25-,26-/m1/s1. The number of ether oxygens (including phenoxy) is 1. The van der Waals surface area contributed by atoms with Crippen molar-refractivity contribution >= 4 is 5.97 Å². The summed E-state index contributed by atoms with van der Waals surface area (Å²) >= 11 is 0. The largest absolute Gasteiger partial charge is 0.508 e. The Hall–Kier alpha value is -2.33. The van der Waals surface area contributed by atoms with Crippen LogP contribution in [-0.4, -0.2) is 42.2 Å². The predicted octanol–water partition coefficient (Wildman–Crippen LogP) is 4.05. The molecule has 4 heteroatoms. The second kappa shape index (κ2) is 6.84. The summed E-state index contributed by atoms with van der Waals surface area (Å²) < 4.78 is 5.25. The van der Waals surface area contributed by atoms with Crippen molar-refractivity contribution in [2.24, 2.45) is 11.8 Å². The van der Waals surface area contributed by atoms with Crippen LogP contribution in [0.5, 0.6) is 5.75 Å². The Bertz CT molecular complexity index is 973. The summed E-state index contributed by atoms with van der Waals surface area (Å²) in [6, 6.07) is 16.5. The zero-order valence-electron chi connectivity index (χ0n) is 18.1. The molecular formula is C26H31NO3. The second-order valence-corrected chi connectivity index (χ2v) is 9.79. The van der Waals surface area contributed by atoms with Gasteiger partial charge in [-0.15, -0.1) is 0 Å². The van der Waals surface area contributed by atoms with E-state index in [-0.39, 0.29) is 11.4 Å². The van der Waals surface area contributed by atoms with E-state index >= 15 is 0 Å². The summed E-state index contributed by atoms with van der Waals surface area (Å²) in [7, 11) is 1.50. The van der Waals surface area contributed by atoms with Crippen molar-refractivity contribution in [1.29, 1.82) is 0 Å². The molecule has 5 atom stereocenters. The minimum absolute atomic E-state index is 0.0932. The van der Waals surface area contributed by atoms with Crippen molar-refractivity contribution in [2.75, 3.05) is 20.2 Å². The SMILES string of the molecule is COC(=O)[C@@]1(c2ccccc2)C[C@H]1CN1CC[C@@]2(C)c3cc(O)ccc3C[C@H]1[C@H]2C. The van der Waals surface area contributed by atoms with Crippen LogP contribution in [0.4, 0.5) is 0 Å². The summed E-state index contributed by atoms with van der Waals surface area (Å²) in [6.45, 7) is 6.69. The molecule has 158 valence electrons. The lowest BCUT2D eigenvalue weighted by molar-refractivity contribution is -0.144. The first-order valence-corrected chi connectivity index (χ1v) is 11.1. The molecule has 2 aromatic carbocycles. The van der Waals surface area contributed by atoms with Gasteiger partial charge in [-0.1, -0.05) is 50.2 Å². The highest BCUT2D eigenvalue weighted by Gasteiger charge is 2.63. The molecule has 0 radical (unpaired) electrons. The fourth-order valence-electron chi connectivity index (χ4n) is 6.39. The minimum atomic E-state index is -0.488. The maximum Gasteiger partial charge on any atom is 0.316 e. The van der Waals surface area contributed by atoms with E-state index in [0.29, 0.717) is 23.6 Å². The second-order valence-electron chi connectivity index (χ2n) is 9.79. The lowest BCUT2D eigenvalue weighted by Crippen LogP contribution is -2.58. The average molecular weight is 406 g/mol. The third kappa shape index (κ3) is 2.73. The third-order valence-corrected chi connectivity index (χ3v) is 8.51. The molecule has 1 N–H and O–H groups in total. The normalized spacial score (nSPS) is 34.8. The van der Waals surface area contributed by atoms with Gasteiger partial charge in [-0.05, 0) is 71.9 Å². The van der Waals surface area contributed by atoms with Crippen molar-refractivity contribution in [2.45, 2.75) is 50.0 Å². The number of aromatic hydroxyl groups is 1. The van der Waals surface area contributed by atoms with Gasteiger partial charge in [-0.25, -0.2) is 0 Å². The number of phenols is 1. The number of hydrogen-bond donors (Lipinski definition) is 1. The molecule has 1 saturated carbocycles. The molecule has 2 aliphatic carbocycles. The Kier molecular flexibility index (Phi) is 4.48. The summed E-state index contributed by atoms with van der Waals surface area (Å²) in [5, 5.41) is 10.1. The molecule has 3 aliphatic rings. The Morgan fingerprint density at radius 2 is 2.00 bits per heavy atom. The molecule has 2 fully saturated rings. The van der Waals surface area contributed by atoms with Crippen LogP contribution in [0.3, 0.4) is 0 Å². The number of benzene rings is 2. The van der Waals surface area contributed by atoms with Crippen LogP contribution >= 0.6 is 0 Å². The molecule has 2 aromatic rings. The summed E-state index contributed by atoms with van der Waals surface area (Å²) in [5.74, 6) is 1.07. The zero-order chi connectivity index (χ0) is 21.1. The number of esters is 1. The molecular weight excluding hydrogens is 374 g/mol. The maximum atomic E-state index is 12.8. The number of rotatable bonds is 4. The van der Waals surface area contributed by atoms with E-state index < -0.39 is 5.41 Å². The molecule has 0 amide bonds. The molecule has 0 aromatic heterocycles. The van der Waals surface area contributed by atoms with E-state index in [0.717, 1.165) is 37.9 Å². The van der Waals surface area contributed by atoms with E-state index in [1.165, 1.54) is 18.2 Å². The maximum absolute atomic E-state index is 12.8. The van der Waals surface area contributed by atoms with Gasteiger partial charge in [0, 0.05) is 12.6 Å². The molecule has 0 spiro atoms. The quantitative estimate of drug-likeness (QED) is 0.780. The number of phenolic OH excluding ortho intramolecular Hbond substituents is 1. The predicted molar refractivity (Wildman–Crippen MR) is 117 cm³/mol. The first-order valence-electron chi connectivity index (χ1n) is 11.1. The number of methoxy groups -OCH3 is 1. The van der Waals surface area contributed by atoms with E-state index in [1.807, 2.05) is 30.3 Å². The Morgan fingerprint density at radius 1 is 1.23 bits per heavy atom. The van der Waals surface area contributed by atoms with Crippen LogP contribution in [-0.2, 0) is 26.8 Å². The lowest BCUT2D eigenvalue weighted by Gasteiger charge is -2.54. The number of fused-ring (bicyclic) bond motifs is 4. The fourth-order valence-corrected chi connectivity index (χ4v) is 6.39. The highest BCUT2D eigenvalue weighted by Crippen LogP contribution is 2.57. The zero-order valence-corrected chi connectivity index (χ0v) is 18.1. The van der Waals surface area contributed by atoms with Gasteiger partial charge in [-0.2, -0.15) is 0 Å². The Morgan fingerprint density at radius 3 is 2.73 bits per heavy atom. The van der Waals surface area contributed by atoms with Crippen molar-refractivity contribution in [3.05, 3.63) is 65.2 Å². The van der Waals surface area contributed by atoms with Crippen molar-refractivity contribution < 1.29 is 14.6 Å². The van der Waals surface area contributed by atoms with Crippen LogP contribution in [0.25, 0.3) is 0 Å². The van der Waals surface area contributed by atoms with Crippen LogP contribution in [0.1, 0.15) is 43.4 Å². The average Bonchev–Trinajstić information content (AvgIpc) is 3.48. The number of carbonyl (C=O) groups excluding carboxylic acids is 1. The molecule has 1 saturated heterocycles. The molecule has 1 heterocycles. The Labute approximate surface area is 178 Å².